The number of halogens is 1. The average molecular weight is 258 g/mol. The van der Waals surface area contributed by atoms with Crippen LogP contribution >= 0.6 is 15.9 Å². The summed E-state index contributed by atoms with van der Waals surface area (Å²) >= 11 is 3.31. The number of nitrogens with two attached hydrogens (primary N) is 1. The molecular formula is C9H12BrN3O. The van der Waals surface area contributed by atoms with Gasteiger partial charge >= 0.3 is 6.03 Å². The van der Waals surface area contributed by atoms with Crippen molar-refractivity contribution >= 4 is 33.3 Å². The zero-order chi connectivity index (χ0) is 10.6. The van der Waals surface area contributed by atoms with E-state index >= 15 is 0 Å². The summed E-state index contributed by atoms with van der Waals surface area (Å²) < 4.78 is 0.804. The Morgan fingerprint density at radius 2 is 2.29 bits per heavy atom. The van der Waals surface area contributed by atoms with Crippen molar-refractivity contribution in [1.29, 1.82) is 0 Å². The van der Waals surface area contributed by atoms with E-state index in [0.717, 1.165) is 4.47 Å². The molecule has 0 aromatic heterocycles. The summed E-state index contributed by atoms with van der Waals surface area (Å²) in [5.41, 5.74) is 6.86. The first-order valence-electron chi connectivity index (χ1n) is 4.23. The molecule has 0 unspecified atom stereocenters. The van der Waals surface area contributed by atoms with Crippen LogP contribution in [0.1, 0.15) is 6.92 Å². The summed E-state index contributed by atoms with van der Waals surface area (Å²) in [6, 6.07) is 5.00. The van der Waals surface area contributed by atoms with Gasteiger partial charge < -0.3 is 16.4 Å². The van der Waals surface area contributed by atoms with Crippen molar-refractivity contribution < 1.29 is 4.79 Å². The number of rotatable bonds is 2. The summed E-state index contributed by atoms with van der Waals surface area (Å²) in [5, 5.41) is 5.30. The number of hydrogen-bond donors (Lipinski definition) is 3. The van der Waals surface area contributed by atoms with Gasteiger partial charge in [0.05, 0.1) is 5.69 Å². The molecule has 0 aliphatic carbocycles. The van der Waals surface area contributed by atoms with Crippen molar-refractivity contribution in [3.05, 3.63) is 22.7 Å². The first-order valence-corrected chi connectivity index (χ1v) is 5.02. The van der Waals surface area contributed by atoms with Crippen molar-refractivity contribution in [1.82, 2.24) is 5.32 Å². The molecule has 1 aromatic rings. The molecule has 0 saturated heterocycles. The minimum Gasteiger partial charge on any atom is -0.399 e. The Kier molecular flexibility index (Phi) is 3.76. The van der Waals surface area contributed by atoms with Crippen LogP contribution in [0, 0.1) is 0 Å². The van der Waals surface area contributed by atoms with Crippen LogP contribution in [0.15, 0.2) is 22.7 Å². The van der Waals surface area contributed by atoms with E-state index in [1.165, 1.54) is 0 Å². The minimum absolute atomic E-state index is 0.237. The SMILES string of the molecule is CCNC(=O)Nc1cc(N)ccc1Br. The third-order valence-electron chi connectivity index (χ3n) is 1.58. The maximum absolute atomic E-state index is 11.2. The van der Waals surface area contributed by atoms with Crippen molar-refractivity contribution in [2.45, 2.75) is 6.92 Å². The zero-order valence-electron chi connectivity index (χ0n) is 7.80. The maximum Gasteiger partial charge on any atom is 0.319 e. The van der Waals surface area contributed by atoms with E-state index in [9.17, 15) is 4.79 Å². The van der Waals surface area contributed by atoms with Crippen LogP contribution in [0.5, 0.6) is 0 Å². The van der Waals surface area contributed by atoms with Gasteiger partial charge in [-0.1, -0.05) is 0 Å². The van der Waals surface area contributed by atoms with E-state index in [0.29, 0.717) is 17.9 Å². The molecule has 1 aromatic carbocycles. The Hall–Kier alpha value is -1.23. The fourth-order valence-electron chi connectivity index (χ4n) is 0.966. The van der Waals surface area contributed by atoms with Crippen LogP contribution in [-0.2, 0) is 0 Å². The monoisotopic (exact) mass is 257 g/mol. The normalized spacial score (nSPS) is 9.57. The lowest BCUT2D eigenvalue weighted by Gasteiger charge is -2.08. The summed E-state index contributed by atoms with van der Waals surface area (Å²) in [6.07, 6.45) is 0. The predicted molar refractivity (Wildman–Crippen MR) is 61.2 cm³/mol. The summed E-state index contributed by atoms with van der Waals surface area (Å²) in [5.74, 6) is 0. The fourth-order valence-corrected chi connectivity index (χ4v) is 1.31. The lowest BCUT2D eigenvalue weighted by molar-refractivity contribution is 0.252. The molecule has 0 saturated carbocycles. The van der Waals surface area contributed by atoms with E-state index in [2.05, 4.69) is 26.6 Å². The average Bonchev–Trinajstić information content (AvgIpc) is 2.12. The highest BCUT2D eigenvalue weighted by Crippen LogP contribution is 2.24. The molecule has 2 amide bonds. The smallest absolute Gasteiger partial charge is 0.319 e. The maximum atomic E-state index is 11.2. The highest BCUT2D eigenvalue weighted by molar-refractivity contribution is 9.10. The summed E-state index contributed by atoms with van der Waals surface area (Å²) in [7, 11) is 0. The molecule has 0 spiro atoms. The van der Waals surface area contributed by atoms with E-state index in [1.807, 2.05) is 6.92 Å². The van der Waals surface area contributed by atoms with Gasteiger partial charge in [-0.25, -0.2) is 4.79 Å². The molecule has 0 atom stereocenters. The highest BCUT2D eigenvalue weighted by Gasteiger charge is 2.03. The number of hydrogen-bond acceptors (Lipinski definition) is 2. The predicted octanol–water partition coefficient (Wildman–Crippen LogP) is 2.17. The fraction of sp³-hybridized carbons (Fsp3) is 0.222. The van der Waals surface area contributed by atoms with Crippen LogP contribution in [0.3, 0.4) is 0 Å². The Morgan fingerprint density at radius 1 is 1.57 bits per heavy atom. The summed E-state index contributed by atoms with van der Waals surface area (Å²) in [6.45, 7) is 2.44. The van der Waals surface area contributed by atoms with Crippen LogP contribution in [-0.4, -0.2) is 12.6 Å². The van der Waals surface area contributed by atoms with Gasteiger partial charge in [-0.2, -0.15) is 0 Å². The van der Waals surface area contributed by atoms with E-state index < -0.39 is 0 Å². The van der Waals surface area contributed by atoms with Crippen molar-refractivity contribution in [3.8, 4) is 0 Å². The molecule has 0 bridgehead atoms. The van der Waals surface area contributed by atoms with Gasteiger partial charge in [0.1, 0.15) is 0 Å². The molecule has 4 N–H and O–H groups in total. The van der Waals surface area contributed by atoms with Crippen LogP contribution in [0.2, 0.25) is 0 Å². The first-order chi connectivity index (χ1) is 6.63. The molecule has 4 nitrogen and oxygen atoms in total. The number of amides is 2. The second kappa shape index (κ2) is 4.85. The molecule has 0 aliphatic heterocycles. The van der Waals surface area contributed by atoms with Crippen molar-refractivity contribution in [2.75, 3.05) is 17.6 Å². The zero-order valence-corrected chi connectivity index (χ0v) is 9.39. The number of anilines is 2. The van der Waals surface area contributed by atoms with Crippen molar-refractivity contribution in [2.24, 2.45) is 0 Å². The lowest BCUT2D eigenvalue weighted by atomic mass is 10.3. The quantitative estimate of drug-likeness (QED) is 0.711. The third kappa shape index (κ3) is 2.92. The van der Waals surface area contributed by atoms with Gasteiger partial charge in [-0.15, -0.1) is 0 Å². The molecule has 0 fully saturated rings. The summed E-state index contributed by atoms with van der Waals surface area (Å²) in [4.78, 5) is 11.2. The van der Waals surface area contributed by atoms with Gasteiger partial charge in [-0.3, -0.25) is 0 Å². The molecule has 76 valence electrons. The van der Waals surface area contributed by atoms with E-state index in [4.69, 9.17) is 5.73 Å². The molecule has 0 heterocycles. The third-order valence-corrected chi connectivity index (χ3v) is 2.27. The molecule has 5 heteroatoms. The van der Waals surface area contributed by atoms with E-state index in [-0.39, 0.29) is 6.03 Å². The first kappa shape index (κ1) is 10.8. The number of carbonyl (C=O) groups is 1. The van der Waals surface area contributed by atoms with Gasteiger partial charge in [0.2, 0.25) is 0 Å². The largest absolute Gasteiger partial charge is 0.399 e. The second-order valence-electron chi connectivity index (χ2n) is 2.72. The highest BCUT2D eigenvalue weighted by atomic mass is 79.9. The van der Waals surface area contributed by atoms with Gasteiger partial charge in [0, 0.05) is 16.7 Å². The van der Waals surface area contributed by atoms with Crippen molar-refractivity contribution in [3.63, 3.8) is 0 Å². The van der Waals surface area contributed by atoms with Crippen LogP contribution in [0.25, 0.3) is 0 Å². The Balaban J connectivity index is 2.75. The van der Waals surface area contributed by atoms with Gasteiger partial charge in [-0.05, 0) is 41.1 Å². The number of nitrogens with one attached hydrogen (secondary N) is 2. The number of urea groups is 1. The van der Waals surface area contributed by atoms with E-state index in [1.54, 1.807) is 18.2 Å². The molecule has 0 radical (unpaired) electrons. The lowest BCUT2D eigenvalue weighted by Crippen LogP contribution is -2.28. The standard InChI is InChI=1S/C9H12BrN3O/c1-2-12-9(14)13-8-5-6(11)3-4-7(8)10/h3-5H,2,11H2,1H3,(H2,12,13,14). The second-order valence-corrected chi connectivity index (χ2v) is 3.58. The molecule has 1 rings (SSSR count). The molecule has 0 aliphatic rings. The van der Waals surface area contributed by atoms with Gasteiger partial charge in [0.25, 0.3) is 0 Å². The van der Waals surface area contributed by atoms with Crippen LogP contribution in [0.4, 0.5) is 16.2 Å². The molecular weight excluding hydrogens is 246 g/mol. The Labute approximate surface area is 91.0 Å². The molecule has 14 heavy (non-hydrogen) atoms. The topological polar surface area (TPSA) is 67.2 Å². The van der Waals surface area contributed by atoms with Gasteiger partial charge in [0.15, 0.2) is 0 Å². The van der Waals surface area contributed by atoms with Crippen LogP contribution < -0.4 is 16.4 Å². The Bertz CT molecular complexity index is 341. The number of benzene rings is 1. The minimum atomic E-state index is -0.237. The Morgan fingerprint density at radius 3 is 2.93 bits per heavy atom. The number of carbonyl (C=O) groups excluding carboxylic acids is 1. The number of nitrogen functional groups attached to an aromatic ring is 1.